The highest BCUT2D eigenvalue weighted by Crippen LogP contribution is 2.27. The molecule has 1 aliphatic heterocycles. The molecule has 162 valence electrons. The lowest BCUT2D eigenvalue weighted by atomic mass is 9.84. The Morgan fingerprint density at radius 1 is 1.23 bits per heavy atom. The average molecular weight is 412 g/mol. The second kappa shape index (κ2) is 9.60. The van der Waals surface area contributed by atoms with Crippen molar-refractivity contribution in [1.82, 2.24) is 25.5 Å². The van der Waals surface area contributed by atoms with Crippen molar-refractivity contribution >= 4 is 22.8 Å². The molecule has 2 amide bonds. The van der Waals surface area contributed by atoms with E-state index < -0.39 is 6.04 Å². The zero-order valence-corrected chi connectivity index (χ0v) is 17.8. The Hall–Kier alpha value is -2.41. The van der Waals surface area contributed by atoms with Crippen molar-refractivity contribution in [2.45, 2.75) is 70.0 Å². The Morgan fingerprint density at radius 2 is 2.07 bits per heavy atom. The first-order valence-corrected chi connectivity index (χ1v) is 11.3. The third-order valence-corrected chi connectivity index (χ3v) is 6.67. The Balaban J connectivity index is 1.39. The molecule has 4 rings (SSSR count). The van der Waals surface area contributed by atoms with E-state index in [1.54, 1.807) is 6.20 Å². The standard InChI is InChI=1S/C23H33N5O2/c1-28-11-5-8-20(28)23(30)27-19(13-16-6-3-2-4-7-16)22(29)26-15-17-12-18-9-10-24-21(18)25-14-17/h9-10,12,14,16,19-20H,2-8,11,13,15H2,1H3,(H,24,25)(H,26,29)(H,27,30)/t19-,20-/m0/s1. The van der Waals surface area contributed by atoms with Crippen LogP contribution in [-0.2, 0) is 16.1 Å². The minimum Gasteiger partial charge on any atom is -0.350 e. The molecule has 1 aliphatic carbocycles. The van der Waals surface area contributed by atoms with Crippen molar-refractivity contribution in [1.29, 1.82) is 0 Å². The molecule has 7 nitrogen and oxygen atoms in total. The Morgan fingerprint density at radius 3 is 2.83 bits per heavy atom. The number of aromatic nitrogens is 2. The van der Waals surface area contributed by atoms with Gasteiger partial charge < -0.3 is 15.6 Å². The Labute approximate surface area is 178 Å². The molecular weight excluding hydrogens is 378 g/mol. The molecule has 30 heavy (non-hydrogen) atoms. The van der Waals surface area contributed by atoms with Crippen molar-refractivity contribution in [2.75, 3.05) is 13.6 Å². The van der Waals surface area contributed by atoms with Crippen LogP contribution in [0.15, 0.2) is 24.5 Å². The topological polar surface area (TPSA) is 90.1 Å². The molecule has 2 fully saturated rings. The molecule has 2 atom stereocenters. The molecular formula is C23H33N5O2. The summed E-state index contributed by atoms with van der Waals surface area (Å²) in [6.45, 7) is 1.35. The first-order valence-electron chi connectivity index (χ1n) is 11.3. The quantitative estimate of drug-likeness (QED) is 0.653. The minimum atomic E-state index is -0.474. The number of likely N-dealkylation sites (N-methyl/N-ethyl adjacent to an activating group) is 1. The predicted octanol–water partition coefficient (Wildman–Crippen LogP) is 2.73. The van der Waals surface area contributed by atoms with Gasteiger partial charge in [0.05, 0.1) is 6.04 Å². The number of carbonyl (C=O) groups is 2. The summed E-state index contributed by atoms with van der Waals surface area (Å²) < 4.78 is 0. The van der Waals surface area contributed by atoms with Gasteiger partial charge in [-0.3, -0.25) is 14.5 Å². The van der Waals surface area contributed by atoms with Gasteiger partial charge in [-0.05, 0) is 56.5 Å². The van der Waals surface area contributed by atoms with Crippen molar-refractivity contribution in [3.05, 3.63) is 30.1 Å². The summed E-state index contributed by atoms with van der Waals surface area (Å²) >= 11 is 0. The highest BCUT2D eigenvalue weighted by Gasteiger charge is 2.32. The molecule has 2 aromatic rings. The smallest absolute Gasteiger partial charge is 0.242 e. The Bertz CT molecular complexity index is 873. The molecule has 2 aliphatic rings. The van der Waals surface area contributed by atoms with Crippen LogP contribution in [0.5, 0.6) is 0 Å². The van der Waals surface area contributed by atoms with Crippen molar-refractivity contribution in [3.63, 3.8) is 0 Å². The van der Waals surface area contributed by atoms with Gasteiger partial charge in [-0.25, -0.2) is 4.98 Å². The summed E-state index contributed by atoms with van der Waals surface area (Å²) in [6, 6.07) is 3.41. The van der Waals surface area contributed by atoms with Gasteiger partial charge in [-0.2, -0.15) is 0 Å². The molecule has 0 aromatic carbocycles. The summed E-state index contributed by atoms with van der Waals surface area (Å²) in [7, 11) is 1.98. The van der Waals surface area contributed by atoms with Gasteiger partial charge in [-0.1, -0.05) is 32.1 Å². The summed E-state index contributed by atoms with van der Waals surface area (Å²) in [5.41, 5.74) is 1.79. The van der Waals surface area contributed by atoms with Gasteiger partial charge >= 0.3 is 0 Å². The highest BCUT2D eigenvalue weighted by molar-refractivity contribution is 5.90. The van der Waals surface area contributed by atoms with E-state index in [0.717, 1.165) is 55.2 Å². The number of hydrogen-bond acceptors (Lipinski definition) is 4. The fraction of sp³-hybridized carbons (Fsp3) is 0.609. The van der Waals surface area contributed by atoms with E-state index in [9.17, 15) is 9.59 Å². The van der Waals surface area contributed by atoms with Gasteiger partial charge in [0.15, 0.2) is 0 Å². The number of likely N-dealkylation sites (tertiary alicyclic amines) is 1. The van der Waals surface area contributed by atoms with E-state index in [4.69, 9.17) is 0 Å². The molecule has 0 bridgehead atoms. The molecule has 0 radical (unpaired) electrons. The fourth-order valence-corrected chi connectivity index (χ4v) is 4.89. The number of nitrogens with zero attached hydrogens (tertiary/aromatic N) is 2. The molecule has 1 saturated carbocycles. The maximum atomic E-state index is 13.1. The lowest BCUT2D eigenvalue weighted by Crippen LogP contribution is -2.52. The first-order chi connectivity index (χ1) is 14.6. The first kappa shape index (κ1) is 20.8. The summed E-state index contributed by atoms with van der Waals surface area (Å²) in [5.74, 6) is 0.402. The van der Waals surface area contributed by atoms with Gasteiger partial charge in [-0.15, -0.1) is 0 Å². The normalized spacial score (nSPS) is 21.6. The van der Waals surface area contributed by atoms with Crippen LogP contribution >= 0.6 is 0 Å². The number of fused-ring (bicyclic) bond motifs is 1. The molecule has 1 saturated heterocycles. The maximum Gasteiger partial charge on any atom is 0.242 e. The van der Waals surface area contributed by atoms with E-state index in [-0.39, 0.29) is 17.9 Å². The van der Waals surface area contributed by atoms with Crippen LogP contribution in [0.1, 0.15) is 56.9 Å². The molecule has 0 spiro atoms. The summed E-state index contributed by atoms with van der Waals surface area (Å²) in [5, 5.41) is 7.15. The number of H-pyrrole nitrogens is 1. The second-order valence-electron chi connectivity index (χ2n) is 8.92. The van der Waals surface area contributed by atoms with E-state index in [0.29, 0.717) is 12.5 Å². The van der Waals surface area contributed by atoms with E-state index in [1.165, 1.54) is 19.3 Å². The van der Waals surface area contributed by atoms with E-state index in [2.05, 4.69) is 25.5 Å². The Kier molecular flexibility index (Phi) is 6.67. The molecule has 2 aromatic heterocycles. The number of rotatable bonds is 7. The average Bonchev–Trinajstić information content (AvgIpc) is 3.40. The number of hydrogen-bond donors (Lipinski definition) is 3. The van der Waals surface area contributed by atoms with Crippen LogP contribution in [0.3, 0.4) is 0 Å². The van der Waals surface area contributed by atoms with Crippen LogP contribution in [0.4, 0.5) is 0 Å². The van der Waals surface area contributed by atoms with Crippen LogP contribution in [0.25, 0.3) is 11.0 Å². The zero-order valence-electron chi connectivity index (χ0n) is 17.8. The number of carbonyl (C=O) groups excluding carboxylic acids is 2. The lowest BCUT2D eigenvalue weighted by molar-refractivity contribution is -0.131. The SMILES string of the molecule is CN1CCC[C@H]1C(=O)N[C@@H](CC1CCCCC1)C(=O)NCc1cnc2[nH]ccc2c1. The molecule has 3 N–H and O–H groups in total. The van der Waals surface area contributed by atoms with Gasteiger partial charge in [0.25, 0.3) is 0 Å². The zero-order chi connectivity index (χ0) is 20.9. The van der Waals surface area contributed by atoms with Gasteiger partial charge in [0, 0.05) is 24.3 Å². The van der Waals surface area contributed by atoms with Crippen molar-refractivity contribution < 1.29 is 9.59 Å². The number of nitrogens with one attached hydrogen (secondary N) is 3. The van der Waals surface area contributed by atoms with Crippen LogP contribution in [-0.4, -0.2) is 52.4 Å². The van der Waals surface area contributed by atoms with Crippen LogP contribution in [0.2, 0.25) is 0 Å². The largest absolute Gasteiger partial charge is 0.350 e. The minimum absolute atomic E-state index is 0.0126. The summed E-state index contributed by atoms with van der Waals surface area (Å²) in [6.07, 6.45) is 12.3. The van der Waals surface area contributed by atoms with Gasteiger partial charge in [0.1, 0.15) is 11.7 Å². The third kappa shape index (κ3) is 5.01. The monoisotopic (exact) mass is 411 g/mol. The van der Waals surface area contributed by atoms with E-state index >= 15 is 0 Å². The highest BCUT2D eigenvalue weighted by atomic mass is 16.2. The fourth-order valence-electron chi connectivity index (χ4n) is 4.89. The number of amides is 2. The van der Waals surface area contributed by atoms with Crippen molar-refractivity contribution in [2.24, 2.45) is 5.92 Å². The number of aromatic amines is 1. The van der Waals surface area contributed by atoms with Crippen molar-refractivity contribution in [3.8, 4) is 0 Å². The molecule has 3 heterocycles. The molecule has 0 unspecified atom stereocenters. The predicted molar refractivity (Wildman–Crippen MR) is 117 cm³/mol. The maximum absolute atomic E-state index is 13.1. The second-order valence-corrected chi connectivity index (χ2v) is 8.92. The van der Waals surface area contributed by atoms with E-state index in [1.807, 2.05) is 25.4 Å². The van der Waals surface area contributed by atoms with Gasteiger partial charge in [0.2, 0.25) is 11.8 Å². The lowest BCUT2D eigenvalue weighted by Gasteiger charge is -2.28. The van der Waals surface area contributed by atoms with Crippen LogP contribution in [0, 0.1) is 5.92 Å². The third-order valence-electron chi connectivity index (χ3n) is 6.67. The number of pyridine rings is 1. The molecule has 7 heteroatoms. The summed E-state index contributed by atoms with van der Waals surface area (Å²) in [4.78, 5) is 35.5. The van der Waals surface area contributed by atoms with Crippen LogP contribution < -0.4 is 10.6 Å².